The molecule has 0 saturated carbocycles. The van der Waals surface area contributed by atoms with Crippen molar-refractivity contribution in [2.24, 2.45) is 0 Å². The van der Waals surface area contributed by atoms with Gasteiger partial charge in [-0.25, -0.2) is 4.79 Å². The van der Waals surface area contributed by atoms with E-state index in [1.54, 1.807) is 13.8 Å². The summed E-state index contributed by atoms with van der Waals surface area (Å²) in [5.74, 6) is -1.62. The number of carbonyl (C=O) groups is 2. The van der Waals surface area contributed by atoms with Gasteiger partial charge in [-0.15, -0.1) is 0 Å². The standard InChI is InChI=1S/C12H21NO4/c1-5-8(4)13-11(15)10(9(14)6-2)12(16)17-7-3/h8,14H,5-7H2,1-4H3,(H,13,15). The van der Waals surface area contributed by atoms with Crippen molar-refractivity contribution in [2.75, 3.05) is 6.61 Å². The predicted molar refractivity (Wildman–Crippen MR) is 64.5 cm³/mol. The quantitative estimate of drug-likeness (QED) is 0.245. The minimum Gasteiger partial charge on any atom is -0.511 e. The number of nitrogens with one attached hydrogen (secondary N) is 1. The third kappa shape index (κ3) is 4.89. The zero-order valence-corrected chi connectivity index (χ0v) is 10.9. The Bertz CT molecular complexity index is 310. The molecule has 0 aliphatic carbocycles. The fourth-order valence-corrected chi connectivity index (χ4v) is 1.12. The van der Waals surface area contributed by atoms with Crippen molar-refractivity contribution < 1.29 is 19.4 Å². The molecular weight excluding hydrogens is 222 g/mol. The second-order valence-electron chi connectivity index (χ2n) is 3.68. The van der Waals surface area contributed by atoms with Crippen LogP contribution in [0.4, 0.5) is 0 Å². The van der Waals surface area contributed by atoms with Crippen molar-refractivity contribution in [3.05, 3.63) is 11.3 Å². The molecule has 0 aromatic heterocycles. The van der Waals surface area contributed by atoms with Crippen LogP contribution in [0.1, 0.15) is 40.5 Å². The summed E-state index contributed by atoms with van der Waals surface area (Å²) in [6, 6.07) is -0.0587. The summed E-state index contributed by atoms with van der Waals surface area (Å²) in [7, 11) is 0. The maximum Gasteiger partial charge on any atom is 0.347 e. The molecule has 1 unspecified atom stereocenters. The van der Waals surface area contributed by atoms with E-state index in [0.29, 0.717) is 0 Å². The lowest BCUT2D eigenvalue weighted by molar-refractivity contribution is -0.140. The molecule has 0 heterocycles. The maximum atomic E-state index is 11.8. The second kappa shape index (κ2) is 7.70. The first kappa shape index (κ1) is 15.5. The van der Waals surface area contributed by atoms with Crippen LogP contribution in [0, 0.1) is 0 Å². The van der Waals surface area contributed by atoms with E-state index in [2.05, 4.69) is 5.32 Å². The smallest absolute Gasteiger partial charge is 0.347 e. The molecule has 0 fully saturated rings. The number of aliphatic hydroxyl groups excluding tert-OH is 1. The summed E-state index contributed by atoms with van der Waals surface area (Å²) in [6.45, 7) is 7.20. The first-order valence-corrected chi connectivity index (χ1v) is 5.87. The minimum atomic E-state index is -0.785. The highest BCUT2D eigenvalue weighted by Gasteiger charge is 2.24. The average molecular weight is 243 g/mol. The number of allylic oxidation sites excluding steroid dienone is 1. The number of esters is 1. The number of amides is 1. The summed E-state index contributed by atoms with van der Waals surface area (Å²) >= 11 is 0. The zero-order chi connectivity index (χ0) is 13.4. The molecule has 0 spiro atoms. The van der Waals surface area contributed by atoms with Crippen molar-refractivity contribution in [3.63, 3.8) is 0 Å². The Morgan fingerprint density at radius 1 is 1.29 bits per heavy atom. The summed E-state index contributed by atoms with van der Waals surface area (Å²) < 4.78 is 4.75. The third-order valence-electron chi connectivity index (χ3n) is 2.32. The molecule has 0 aromatic rings. The number of rotatable bonds is 6. The highest BCUT2D eigenvalue weighted by molar-refractivity contribution is 6.16. The monoisotopic (exact) mass is 243 g/mol. The Hall–Kier alpha value is -1.52. The van der Waals surface area contributed by atoms with E-state index in [1.165, 1.54) is 0 Å². The van der Waals surface area contributed by atoms with Crippen molar-refractivity contribution in [2.45, 2.75) is 46.6 Å². The van der Waals surface area contributed by atoms with Gasteiger partial charge in [-0.1, -0.05) is 13.8 Å². The van der Waals surface area contributed by atoms with Crippen LogP contribution in [-0.2, 0) is 14.3 Å². The number of hydrogen-bond donors (Lipinski definition) is 2. The van der Waals surface area contributed by atoms with E-state index in [-0.39, 0.29) is 30.4 Å². The molecule has 0 rings (SSSR count). The molecule has 1 amide bonds. The Balaban J connectivity index is 4.95. The Morgan fingerprint density at radius 2 is 1.88 bits per heavy atom. The van der Waals surface area contributed by atoms with Crippen LogP contribution in [0.25, 0.3) is 0 Å². The summed E-state index contributed by atoms with van der Waals surface area (Å²) in [5, 5.41) is 12.2. The van der Waals surface area contributed by atoms with Gasteiger partial charge in [0.25, 0.3) is 5.91 Å². The molecule has 98 valence electrons. The Kier molecular flexibility index (Phi) is 7.02. The van der Waals surface area contributed by atoms with Crippen LogP contribution < -0.4 is 5.32 Å². The largest absolute Gasteiger partial charge is 0.511 e. The lowest BCUT2D eigenvalue weighted by atomic mass is 10.1. The summed E-state index contributed by atoms with van der Waals surface area (Å²) in [4.78, 5) is 23.4. The van der Waals surface area contributed by atoms with Gasteiger partial charge in [0.1, 0.15) is 5.76 Å². The normalized spacial score (nSPS) is 13.6. The molecule has 0 aliphatic heterocycles. The van der Waals surface area contributed by atoms with Crippen LogP contribution >= 0.6 is 0 Å². The van der Waals surface area contributed by atoms with Crippen LogP contribution in [-0.4, -0.2) is 29.6 Å². The molecule has 1 atom stereocenters. The zero-order valence-electron chi connectivity index (χ0n) is 10.9. The molecular formula is C12H21NO4. The van der Waals surface area contributed by atoms with Crippen molar-refractivity contribution in [3.8, 4) is 0 Å². The molecule has 2 N–H and O–H groups in total. The number of hydrogen-bond acceptors (Lipinski definition) is 4. The van der Waals surface area contributed by atoms with Gasteiger partial charge in [-0.05, 0) is 20.3 Å². The van der Waals surface area contributed by atoms with Gasteiger partial charge in [-0.3, -0.25) is 4.79 Å². The van der Waals surface area contributed by atoms with E-state index in [4.69, 9.17) is 4.74 Å². The Labute approximate surface area is 102 Å². The molecule has 0 radical (unpaired) electrons. The first-order valence-electron chi connectivity index (χ1n) is 5.87. The summed E-state index contributed by atoms with van der Waals surface area (Å²) in [5.41, 5.74) is -0.297. The predicted octanol–water partition coefficient (Wildman–Crippen LogP) is 1.69. The van der Waals surface area contributed by atoms with E-state index < -0.39 is 11.9 Å². The van der Waals surface area contributed by atoms with E-state index in [0.717, 1.165) is 6.42 Å². The molecule has 0 saturated heterocycles. The Morgan fingerprint density at radius 3 is 2.29 bits per heavy atom. The van der Waals surface area contributed by atoms with Crippen molar-refractivity contribution in [1.82, 2.24) is 5.32 Å². The first-order chi connectivity index (χ1) is 7.97. The highest BCUT2D eigenvalue weighted by atomic mass is 16.5. The van der Waals surface area contributed by atoms with Crippen LogP contribution in [0.5, 0.6) is 0 Å². The van der Waals surface area contributed by atoms with E-state index in [9.17, 15) is 14.7 Å². The minimum absolute atomic E-state index is 0.0587. The van der Waals surface area contributed by atoms with Gasteiger partial charge in [0.05, 0.1) is 6.61 Å². The van der Waals surface area contributed by atoms with Gasteiger partial charge in [0, 0.05) is 12.5 Å². The third-order valence-corrected chi connectivity index (χ3v) is 2.32. The maximum absolute atomic E-state index is 11.8. The number of carbonyl (C=O) groups excluding carboxylic acids is 2. The van der Waals surface area contributed by atoms with Gasteiger partial charge in [0.15, 0.2) is 5.57 Å². The number of aliphatic hydroxyl groups is 1. The molecule has 5 nitrogen and oxygen atoms in total. The molecule has 0 bridgehead atoms. The van der Waals surface area contributed by atoms with Crippen LogP contribution in [0.2, 0.25) is 0 Å². The average Bonchev–Trinajstić information content (AvgIpc) is 2.29. The molecule has 0 aromatic carbocycles. The molecule has 0 aliphatic rings. The van der Waals surface area contributed by atoms with E-state index in [1.807, 2.05) is 13.8 Å². The van der Waals surface area contributed by atoms with Gasteiger partial charge in [-0.2, -0.15) is 0 Å². The molecule has 17 heavy (non-hydrogen) atoms. The lowest BCUT2D eigenvalue weighted by Crippen LogP contribution is -2.36. The van der Waals surface area contributed by atoms with Crippen molar-refractivity contribution in [1.29, 1.82) is 0 Å². The fourth-order valence-electron chi connectivity index (χ4n) is 1.12. The highest BCUT2D eigenvalue weighted by Crippen LogP contribution is 2.09. The van der Waals surface area contributed by atoms with Gasteiger partial charge < -0.3 is 15.2 Å². The van der Waals surface area contributed by atoms with Crippen LogP contribution in [0.15, 0.2) is 11.3 Å². The van der Waals surface area contributed by atoms with Gasteiger partial charge in [0.2, 0.25) is 0 Å². The molecule has 5 heteroatoms. The fraction of sp³-hybridized carbons (Fsp3) is 0.667. The lowest BCUT2D eigenvalue weighted by Gasteiger charge is -2.13. The van der Waals surface area contributed by atoms with E-state index >= 15 is 0 Å². The number of ether oxygens (including phenoxy) is 1. The topological polar surface area (TPSA) is 75.6 Å². The van der Waals surface area contributed by atoms with Gasteiger partial charge >= 0.3 is 5.97 Å². The second-order valence-corrected chi connectivity index (χ2v) is 3.68. The van der Waals surface area contributed by atoms with Crippen LogP contribution in [0.3, 0.4) is 0 Å². The summed E-state index contributed by atoms with van der Waals surface area (Å²) in [6.07, 6.45) is 0.955. The SMILES string of the molecule is CCOC(=O)C(C(=O)NC(C)CC)=C(O)CC. The van der Waals surface area contributed by atoms with Crippen molar-refractivity contribution >= 4 is 11.9 Å².